The zero-order valence-electron chi connectivity index (χ0n) is 17.8. The predicted molar refractivity (Wildman–Crippen MR) is 127 cm³/mol. The molecule has 1 N–H and O–H groups in total. The zero-order valence-corrected chi connectivity index (χ0v) is 20.2. The second-order valence-corrected chi connectivity index (χ2v) is 10.3. The van der Waals surface area contributed by atoms with Crippen molar-refractivity contribution in [2.24, 2.45) is 0 Å². The van der Waals surface area contributed by atoms with E-state index in [1.165, 1.54) is 27.8 Å². The Kier molecular flexibility index (Phi) is 7.55. The first-order valence-electron chi connectivity index (χ1n) is 9.93. The molecule has 32 heavy (non-hydrogen) atoms. The summed E-state index contributed by atoms with van der Waals surface area (Å²) < 4.78 is 32.8. The van der Waals surface area contributed by atoms with Crippen molar-refractivity contribution >= 4 is 60.6 Å². The molecule has 170 valence electrons. The Hall–Kier alpha value is -2.46. The SMILES string of the molecule is CCN(CC)S(=O)(=O)c1ccc(C)c(NC(=O)COC(=O)c2sc3ccccc3c2Cl)c1. The summed E-state index contributed by atoms with van der Waals surface area (Å²) in [5, 5.41) is 3.66. The number of carbonyl (C=O) groups is 2. The minimum Gasteiger partial charge on any atom is -0.451 e. The number of fused-ring (bicyclic) bond motifs is 1. The lowest BCUT2D eigenvalue weighted by Gasteiger charge is -2.19. The molecule has 0 aliphatic heterocycles. The summed E-state index contributed by atoms with van der Waals surface area (Å²) in [4.78, 5) is 25.1. The van der Waals surface area contributed by atoms with Crippen LogP contribution in [0.2, 0.25) is 5.02 Å². The van der Waals surface area contributed by atoms with E-state index < -0.39 is 28.5 Å². The van der Waals surface area contributed by atoms with E-state index in [9.17, 15) is 18.0 Å². The second-order valence-electron chi connectivity index (χ2n) is 6.93. The van der Waals surface area contributed by atoms with Crippen LogP contribution in [0.25, 0.3) is 10.1 Å². The molecule has 7 nitrogen and oxygen atoms in total. The van der Waals surface area contributed by atoms with Gasteiger partial charge in [0.1, 0.15) is 4.88 Å². The van der Waals surface area contributed by atoms with E-state index in [1.54, 1.807) is 32.9 Å². The van der Waals surface area contributed by atoms with Crippen molar-refractivity contribution in [1.29, 1.82) is 0 Å². The predicted octanol–water partition coefficient (Wildman–Crippen LogP) is 4.69. The molecule has 0 bridgehead atoms. The van der Waals surface area contributed by atoms with Gasteiger partial charge in [0.05, 0.1) is 9.92 Å². The maximum absolute atomic E-state index is 12.8. The molecule has 0 aliphatic carbocycles. The van der Waals surface area contributed by atoms with Crippen molar-refractivity contribution in [2.75, 3.05) is 25.0 Å². The highest BCUT2D eigenvalue weighted by Crippen LogP contribution is 2.35. The highest BCUT2D eigenvalue weighted by Gasteiger charge is 2.23. The lowest BCUT2D eigenvalue weighted by Crippen LogP contribution is -2.30. The first-order chi connectivity index (χ1) is 15.2. The number of hydrogen-bond acceptors (Lipinski definition) is 6. The molecule has 0 aliphatic rings. The highest BCUT2D eigenvalue weighted by molar-refractivity contribution is 7.89. The molecule has 0 atom stereocenters. The zero-order chi connectivity index (χ0) is 23.5. The Balaban J connectivity index is 1.71. The number of rotatable bonds is 8. The normalized spacial score (nSPS) is 11.7. The van der Waals surface area contributed by atoms with Crippen LogP contribution in [0, 0.1) is 6.92 Å². The van der Waals surface area contributed by atoms with Gasteiger partial charge in [0, 0.05) is 28.9 Å². The van der Waals surface area contributed by atoms with E-state index >= 15 is 0 Å². The Bertz CT molecular complexity index is 1270. The number of halogens is 1. The number of nitrogens with one attached hydrogen (secondary N) is 1. The largest absolute Gasteiger partial charge is 0.451 e. The number of esters is 1. The molecule has 3 aromatic rings. The first-order valence-corrected chi connectivity index (χ1v) is 12.6. The minimum atomic E-state index is -3.67. The molecule has 0 spiro atoms. The van der Waals surface area contributed by atoms with Crippen LogP contribution in [0.15, 0.2) is 47.4 Å². The molecule has 2 aromatic carbocycles. The lowest BCUT2D eigenvalue weighted by atomic mass is 10.2. The average molecular weight is 495 g/mol. The number of benzene rings is 2. The number of hydrogen-bond donors (Lipinski definition) is 1. The summed E-state index contributed by atoms with van der Waals surface area (Å²) in [5.74, 6) is -1.28. The van der Waals surface area contributed by atoms with Crippen LogP contribution in [-0.4, -0.2) is 44.3 Å². The van der Waals surface area contributed by atoms with Crippen LogP contribution in [-0.2, 0) is 19.6 Å². The molecule has 0 radical (unpaired) electrons. The van der Waals surface area contributed by atoms with Crippen LogP contribution < -0.4 is 5.32 Å². The van der Waals surface area contributed by atoms with Gasteiger partial charge in [-0.3, -0.25) is 4.79 Å². The van der Waals surface area contributed by atoms with Crippen LogP contribution in [0.3, 0.4) is 0 Å². The van der Waals surface area contributed by atoms with Gasteiger partial charge in [-0.1, -0.05) is 49.7 Å². The first kappa shape index (κ1) is 24.2. The van der Waals surface area contributed by atoms with Crippen molar-refractivity contribution in [1.82, 2.24) is 4.31 Å². The van der Waals surface area contributed by atoms with Gasteiger partial charge in [-0.2, -0.15) is 4.31 Å². The third kappa shape index (κ3) is 4.96. The number of nitrogens with zero attached hydrogens (tertiary/aromatic N) is 1. The summed E-state index contributed by atoms with van der Waals surface area (Å²) in [5.41, 5.74) is 1.01. The Morgan fingerprint density at radius 1 is 1.12 bits per heavy atom. The number of ether oxygens (including phenoxy) is 1. The van der Waals surface area contributed by atoms with Crippen LogP contribution >= 0.6 is 22.9 Å². The highest BCUT2D eigenvalue weighted by atomic mass is 35.5. The van der Waals surface area contributed by atoms with E-state index in [1.807, 2.05) is 18.2 Å². The van der Waals surface area contributed by atoms with Gasteiger partial charge in [-0.25, -0.2) is 13.2 Å². The molecule has 1 amide bonds. The molecule has 0 saturated heterocycles. The molecular weight excluding hydrogens is 472 g/mol. The number of sulfonamides is 1. The van der Waals surface area contributed by atoms with Gasteiger partial charge < -0.3 is 10.1 Å². The van der Waals surface area contributed by atoms with Crippen molar-refractivity contribution in [3.8, 4) is 0 Å². The van der Waals surface area contributed by atoms with Gasteiger partial charge in [0.2, 0.25) is 10.0 Å². The Morgan fingerprint density at radius 2 is 1.81 bits per heavy atom. The van der Waals surface area contributed by atoms with E-state index in [4.69, 9.17) is 16.3 Å². The van der Waals surface area contributed by atoms with Crippen LogP contribution in [0.5, 0.6) is 0 Å². The fourth-order valence-corrected chi connectivity index (χ4v) is 6.02. The second kappa shape index (κ2) is 9.99. The van der Waals surface area contributed by atoms with E-state index in [0.717, 1.165) is 10.1 Å². The smallest absolute Gasteiger partial charge is 0.350 e. The fourth-order valence-electron chi connectivity index (χ4n) is 3.14. The number of aryl methyl sites for hydroxylation is 1. The van der Waals surface area contributed by atoms with Crippen LogP contribution in [0.1, 0.15) is 29.1 Å². The quantitative estimate of drug-likeness (QED) is 0.458. The van der Waals surface area contributed by atoms with Crippen molar-refractivity contribution < 1.29 is 22.7 Å². The lowest BCUT2D eigenvalue weighted by molar-refractivity contribution is -0.119. The van der Waals surface area contributed by atoms with Crippen molar-refractivity contribution in [2.45, 2.75) is 25.7 Å². The molecule has 1 aromatic heterocycles. The molecule has 0 fully saturated rings. The number of thiophene rings is 1. The molecule has 1 heterocycles. The van der Waals surface area contributed by atoms with Crippen molar-refractivity contribution in [3.63, 3.8) is 0 Å². The molecule has 10 heteroatoms. The Labute approximate surface area is 196 Å². The summed E-state index contributed by atoms with van der Waals surface area (Å²) in [6.45, 7) is 5.40. The van der Waals surface area contributed by atoms with E-state index in [0.29, 0.717) is 29.4 Å². The molecular formula is C22H23ClN2O5S2. The summed E-state index contributed by atoms with van der Waals surface area (Å²) in [6, 6.07) is 11.8. The standard InChI is InChI=1S/C22H23ClN2O5S2/c1-4-25(5-2)32(28,29)15-11-10-14(3)17(12-15)24-19(26)13-30-22(27)21-20(23)16-8-6-7-9-18(16)31-21/h6-12H,4-5,13H2,1-3H3,(H,24,26). The van der Waals surface area contributed by atoms with Gasteiger partial charge >= 0.3 is 5.97 Å². The number of carbonyl (C=O) groups excluding carboxylic acids is 2. The topological polar surface area (TPSA) is 92.8 Å². The molecule has 0 saturated carbocycles. The minimum absolute atomic E-state index is 0.0798. The molecule has 3 rings (SSSR count). The van der Waals surface area contributed by atoms with E-state index in [2.05, 4.69) is 5.32 Å². The summed E-state index contributed by atoms with van der Waals surface area (Å²) in [7, 11) is -3.67. The maximum Gasteiger partial charge on any atom is 0.350 e. The third-order valence-corrected chi connectivity index (χ3v) is 8.58. The van der Waals surface area contributed by atoms with Gasteiger partial charge in [0.25, 0.3) is 5.91 Å². The van der Waals surface area contributed by atoms with Crippen LogP contribution in [0.4, 0.5) is 5.69 Å². The summed E-state index contributed by atoms with van der Waals surface area (Å²) in [6.07, 6.45) is 0. The summed E-state index contributed by atoms with van der Waals surface area (Å²) >= 11 is 7.47. The Morgan fingerprint density at radius 3 is 2.47 bits per heavy atom. The average Bonchev–Trinajstić information content (AvgIpc) is 3.11. The third-order valence-electron chi connectivity index (χ3n) is 4.88. The number of amides is 1. The van der Waals surface area contributed by atoms with Gasteiger partial charge in [0.15, 0.2) is 6.61 Å². The maximum atomic E-state index is 12.8. The van der Waals surface area contributed by atoms with E-state index in [-0.39, 0.29) is 9.77 Å². The molecule has 0 unspecified atom stereocenters. The fraction of sp³-hybridized carbons (Fsp3) is 0.273. The van der Waals surface area contributed by atoms with Crippen molar-refractivity contribution in [3.05, 3.63) is 57.9 Å². The van der Waals surface area contributed by atoms with Gasteiger partial charge in [-0.15, -0.1) is 11.3 Å². The number of anilines is 1. The van der Waals surface area contributed by atoms with Gasteiger partial charge in [-0.05, 0) is 30.7 Å². The monoisotopic (exact) mass is 494 g/mol.